The average molecular weight is 310 g/mol. The summed E-state index contributed by atoms with van der Waals surface area (Å²) in [5, 5.41) is 6.54. The Morgan fingerprint density at radius 1 is 1.38 bits per heavy atom. The largest absolute Gasteiger partial charge is 0.345 e. The zero-order chi connectivity index (χ0) is 15.4. The summed E-state index contributed by atoms with van der Waals surface area (Å²) in [6.45, 7) is 1.62. The summed E-state index contributed by atoms with van der Waals surface area (Å²) in [7, 11) is 3.35. The maximum atomic E-state index is 12.3. The lowest BCUT2D eigenvalue weighted by atomic mass is 9.98. The minimum Gasteiger partial charge on any atom is -0.345 e. The molecule has 1 aliphatic rings. The van der Waals surface area contributed by atoms with Gasteiger partial charge in [0.25, 0.3) is 5.91 Å². The highest BCUT2D eigenvalue weighted by Crippen LogP contribution is 2.23. The maximum absolute atomic E-state index is 12.3. The van der Waals surface area contributed by atoms with E-state index < -0.39 is 0 Å². The fraction of sp³-hybridized carbons (Fsp3) is 0.467. The second-order valence-corrected chi connectivity index (χ2v) is 5.86. The Hall–Kier alpha value is -1.59. The Morgan fingerprint density at radius 3 is 2.76 bits per heavy atom. The van der Waals surface area contributed by atoms with E-state index in [1.807, 2.05) is 0 Å². The van der Waals surface area contributed by atoms with Gasteiger partial charge in [-0.1, -0.05) is 11.6 Å². The molecule has 2 N–H and O–H groups in total. The van der Waals surface area contributed by atoms with Crippen molar-refractivity contribution in [2.24, 2.45) is 5.92 Å². The number of carbonyl (C=O) groups excluding carboxylic acids is 2. The number of hydrogen-bond donors (Lipinski definition) is 2. The zero-order valence-electron chi connectivity index (χ0n) is 12.3. The van der Waals surface area contributed by atoms with Crippen LogP contribution in [0.25, 0.3) is 0 Å². The normalized spacial score (nSPS) is 18.1. The molecule has 1 saturated heterocycles. The summed E-state index contributed by atoms with van der Waals surface area (Å²) in [6.07, 6.45) is 1.84. The number of nitrogens with one attached hydrogen (secondary N) is 2. The Balaban J connectivity index is 2.19. The molecular weight excluding hydrogens is 290 g/mol. The van der Waals surface area contributed by atoms with Gasteiger partial charge in [0.2, 0.25) is 5.91 Å². The Bertz CT molecular complexity index is 540. The Labute approximate surface area is 129 Å². The number of amides is 2. The van der Waals surface area contributed by atoms with Crippen LogP contribution in [0.5, 0.6) is 0 Å². The molecule has 0 unspecified atom stereocenters. The van der Waals surface area contributed by atoms with Gasteiger partial charge in [-0.15, -0.1) is 0 Å². The van der Waals surface area contributed by atoms with Gasteiger partial charge in [-0.25, -0.2) is 0 Å². The SMILES string of the molecule is CN(C)C(=O)c1ccc(Cl)cc1NC(=O)[C@@H]1CCCNC1. The molecule has 1 aromatic rings. The number of nitrogens with zero attached hydrogens (tertiary/aromatic N) is 1. The smallest absolute Gasteiger partial charge is 0.255 e. The van der Waals surface area contributed by atoms with E-state index in [1.165, 1.54) is 4.90 Å². The minimum absolute atomic E-state index is 0.0694. The molecule has 1 fully saturated rings. The van der Waals surface area contributed by atoms with Crippen LogP contribution in [-0.4, -0.2) is 43.9 Å². The molecule has 114 valence electrons. The maximum Gasteiger partial charge on any atom is 0.255 e. The number of anilines is 1. The van der Waals surface area contributed by atoms with Gasteiger partial charge in [-0.05, 0) is 37.6 Å². The van der Waals surface area contributed by atoms with Crippen LogP contribution >= 0.6 is 11.6 Å². The third kappa shape index (κ3) is 3.95. The molecule has 0 aliphatic carbocycles. The van der Waals surface area contributed by atoms with E-state index in [4.69, 9.17) is 11.6 Å². The molecule has 2 rings (SSSR count). The van der Waals surface area contributed by atoms with Crippen LogP contribution in [0.2, 0.25) is 5.02 Å². The second kappa shape index (κ2) is 6.91. The minimum atomic E-state index is -0.163. The average Bonchev–Trinajstić information content (AvgIpc) is 2.47. The van der Waals surface area contributed by atoms with Crippen molar-refractivity contribution in [3.63, 3.8) is 0 Å². The first kappa shape index (κ1) is 15.8. The van der Waals surface area contributed by atoms with Crippen LogP contribution < -0.4 is 10.6 Å². The van der Waals surface area contributed by atoms with Crippen molar-refractivity contribution in [2.45, 2.75) is 12.8 Å². The summed E-state index contributed by atoms with van der Waals surface area (Å²) in [5.41, 5.74) is 0.915. The van der Waals surface area contributed by atoms with E-state index >= 15 is 0 Å². The van der Waals surface area contributed by atoms with Crippen LogP contribution in [0.1, 0.15) is 23.2 Å². The third-order valence-corrected chi connectivity index (χ3v) is 3.78. The van der Waals surface area contributed by atoms with Crippen molar-refractivity contribution in [1.29, 1.82) is 0 Å². The Morgan fingerprint density at radius 2 is 2.14 bits per heavy atom. The summed E-state index contributed by atoms with van der Waals surface area (Å²) in [4.78, 5) is 25.9. The van der Waals surface area contributed by atoms with Crippen LogP contribution in [0.3, 0.4) is 0 Å². The first-order valence-electron chi connectivity index (χ1n) is 7.02. The highest BCUT2D eigenvalue weighted by molar-refractivity contribution is 6.31. The van der Waals surface area contributed by atoms with Gasteiger partial charge in [0, 0.05) is 25.7 Å². The quantitative estimate of drug-likeness (QED) is 0.897. The fourth-order valence-corrected chi connectivity index (χ4v) is 2.53. The van der Waals surface area contributed by atoms with E-state index in [9.17, 15) is 9.59 Å². The molecule has 0 radical (unpaired) electrons. The summed E-state index contributed by atoms with van der Waals surface area (Å²) in [6, 6.07) is 4.90. The summed E-state index contributed by atoms with van der Waals surface area (Å²) in [5.74, 6) is -0.305. The predicted octanol–water partition coefficient (Wildman–Crippen LogP) is 1.98. The van der Waals surface area contributed by atoms with Gasteiger partial charge in [0.05, 0.1) is 17.2 Å². The molecule has 1 aromatic carbocycles. The van der Waals surface area contributed by atoms with Gasteiger partial charge in [0.15, 0.2) is 0 Å². The number of benzene rings is 1. The molecule has 1 heterocycles. The molecule has 1 aliphatic heterocycles. The first-order chi connectivity index (χ1) is 9.99. The summed E-state index contributed by atoms with van der Waals surface area (Å²) < 4.78 is 0. The van der Waals surface area contributed by atoms with E-state index in [1.54, 1.807) is 32.3 Å². The second-order valence-electron chi connectivity index (χ2n) is 5.42. The number of rotatable bonds is 3. The summed E-state index contributed by atoms with van der Waals surface area (Å²) >= 11 is 5.98. The molecular formula is C15H20ClN3O2. The fourth-order valence-electron chi connectivity index (χ4n) is 2.36. The van der Waals surface area contributed by atoms with Crippen LogP contribution in [0, 0.1) is 5.92 Å². The van der Waals surface area contributed by atoms with Crippen molar-refractivity contribution < 1.29 is 9.59 Å². The van der Waals surface area contributed by atoms with Gasteiger partial charge in [0.1, 0.15) is 0 Å². The number of halogens is 1. The van der Waals surface area contributed by atoms with Crippen molar-refractivity contribution in [1.82, 2.24) is 10.2 Å². The van der Waals surface area contributed by atoms with Crippen molar-refractivity contribution in [3.05, 3.63) is 28.8 Å². The molecule has 0 saturated carbocycles. The molecule has 0 bridgehead atoms. The Kier molecular flexibility index (Phi) is 5.20. The first-order valence-corrected chi connectivity index (χ1v) is 7.39. The third-order valence-electron chi connectivity index (χ3n) is 3.54. The highest BCUT2D eigenvalue weighted by Gasteiger charge is 2.23. The van der Waals surface area contributed by atoms with Crippen LogP contribution in [0.15, 0.2) is 18.2 Å². The molecule has 1 atom stereocenters. The van der Waals surface area contributed by atoms with Gasteiger partial charge >= 0.3 is 0 Å². The molecule has 0 spiro atoms. The highest BCUT2D eigenvalue weighted by atomic mass is 35.5. The lowest BCUT2D eigenvalue weighted by Crippen LogP contribution is -2.37. The molecule has 6 heteroatoms. The van der Waals surface area contributed by atoms with Crippen LogP contribution in [-0.2, 0) is 4.79 Å². The molecule has 2 amide bonds. The number of carbonyl (C=O) groups is 2. The van der Waals surface area contributed by atoms with Crippen molar-refractivity contribution in [2.75, 3.05) is 32.5 Å². The lowest BCUT2D eigenvalue weighted by Gasteiger charge is -2.23. The molecule has 0 aromatic heterocycles. The van der Waals surface area contributed by atoms with Crippen molar-refractivity contribution in [3.8, 4) is 0 Å². The standard InChI is InChI=1S/C15H20ClN3O2/c1-19(2)15(21)12-6-5-11(16)8-13(12)18-14(20)10-4-3-7-17-9-10/h5-6,8,10,17H,3-4,7,9H2,1-2H3,(H,18,20)/t10-/m1/s1. The molecule has 21 heavy (non-hydrogen) atoms. The topological polar surface area (TPSA) is 61.4 Å². The van der Waals surface area contributed by atoms with Gasteiger partial charge in [-0.3, -0.25) is 9.59 Å². The van der Waals surface area contributed by atoms with Crippen molar-refractivity contribution >= 4 is 29.1 Å². The lowest BCUT2D eigenvalue weighted by molar-refractivity contribution is -0.120. The monoisotopic (exact) mass is 309 g/mol. The van der Waals surface area contributed by atoms with E-state index in [-0.39, 0.29) is 17.7 Å². The van der Waals surface area contributed by atoms with Crippen LogP contribution in [0.4, 0.5) is 5.69 Å². The predicted molar refractivity (Wildman–Crippen MR) is 83.7 cm³/mol. The van der Waals surface area contributed by atoms with Gasteiger partial charge in [-0.2, -0.15) is 0 Å². The zero-order valence-corrected chi connectivity index (χ0v) is 13.0. The van der Waals surface area contributed by atoms with Gasteiger partial charge < -0.3 is 15.5 Å². The molecule has 5 nitrogen and oxygen atoms in total. The number of hydrogen-bond acceptors (Lipinski definition) is 3. The van der Waals surface area contributed by atoms with E-state index in [0.29, 0.717) is 22.8 Å². The van der Waals surface area contributed by atoms with E-state index in [2.05, 4.69) is 10.6 Å². The van der Waals surface area contributed by atoms with E-state index in [0.717, 1.165) is 19.4 Å². The number of piperidine rings is 1.